The van der Waals surface area contributed by atoms with E-state index in [-0.39, 0.29) is 4.90 Å². The second-order valence-corrected chi connectivity index (χ2v) is 6.80. The lowest BCUT2D eigenvalue weighted by Crippen LogP contribution is -1.99. The standard InChI is InChI=1S/C10H12N2O2S2/c1-9-3-5-10(6-4-9)16(13,14)12-15-8-2-7-11-15/h3-7H,2,8H2,1H3. The van der Waals surface area contributed by atoms with Crippen molar-refractivity contribution < 1.29 is 8.42 Å². The summed E-state index contributed by atoms with van der Waals surface area (Å²) in [6.45, 7) is 1.91. The molecule has 0 N–H and O–H groups in total. The highest BCUT2D eigenvalue weighted by Crippen LogP contribution is 2.15. The minimum Gasteiger partial charge on any atom is -0.217 e. The van der Waals surface area contributed by atoms with Crippen molar-refractivity contribution in [1.82, 2.24) is 0 Å². The summed E-state index contributed by atoms with van der Waals surface area (Å²) < 4.78 is 31.6. The van der Waals surface area contributed by atoms with Gasteiger partial charge in [-0.25, -0.2) is 4.40 Å². The molecule has 0 fully saturated rings. The third-order valence-electron chi connectivity index (χ3n) is 2.13. The van der Waals surface area contributed by atoms with Gasteiger partial charge in [0.15, 0.2) is 0 Å². The first-order valence-electron chi connectivity index (χ1n) is 4.86. The Balaban J connectivity index is 2.35. The Hall–Kier alpha value is -1.01. The first-order valence-corrected chi connectivity index (χ1v) is 7.61. The second-order valence-electron chi connectivity index (χ2n) is 3.48. The van der Waals surface area contributed by atoms with Gasteiger partial charge < -0.3 is 0 Å². The zero-order chi connectivity index (χ0) is 11.6. The summed E-state index contributed by atoms with van der Waals surface area (Å²) in [5, 5.41) is 0. The van der Waals surface area contributed by atoms with E-state index in [0.29, 0.717) is 5.75 Å². The lowest BCUT2D eigenvalue weighted by atomic mass is 10.2. The fourth-order valence-corrected chi connectivity index (χ4v) is 4.15. The molecule has 0 aliphatic carbocycles. The molecule has 4 nitrogen and oxygen atoms in total. The van der Waals surface area contributed by atoms with Crippen molar-refractivity contribution in [1.29, 1.82) is 0 Å². The van der Waals surface area contributed by atoms with E-state index in [1.165, 1.54) is 0 Å². The van der Waals surface area contributed by atoms with Gasteiger partial charge in [-0.05, 0) is 25.5 Å². The van der Waals surface area contributed by atoms with Crippen LogP contribution in [0.5, 0.6) is 0 Å². The number of rotatable bonds is 2. The van der Waals surface area contributed by atoms with Gasteiger partial charge in [0.2, 0.25) is 0 Å². The minimum atomic E-state index is -3.54. The van der Waals surface area contributed by atoms with Crippen LogP contribution >= 0.6 is 0 Å². The van der Waals surface area contributed by atoms with Gasteiger partial charge in [-0.3, -0.25) is 0 Å². The second kappa shape index (κ2) is 4.47. The predicted molar refractivity (Wildman–Crippen MR) is 66.1 cm³/mol. The summed E-state index contributed by atoms with van der Waals surface area (Å²) in [4.78, 5) is 0.243. The molecule has 1 unspecified atom stereocenters. The summed E-state index contributed by atoms with van der Waals surface area (Å²) in [6.07, 6.45) is 2.55. The molecule has 0 saturated carbocycles. The Morgan fingerprint density at radius 3 is 2.56 bits per heavy atom. The molecule has 0 radical (unpaired) electrons. The highest BCUT2D eigenvalue weighted by molar-refractivity contribution is 7.99. The third kappa shape index (κ3) is 2.56. The van der Waals surface area contributed by atoms with Gasteiger partial charge in [0.25, 0.3) is 10.0 Å². The highest BCUT2D eigenvalue weighted by atomic mass is 32.3. The molecule has 0 spiro atoms. The molecule has 0 saturated heterocycles. The normalized spacial score (nSPS) is 20.4. The maximum absolute atomic E-state index is 11.9. The molecule has 0 amide bonds. The van der Waals surface area contributed by atoms with Crippen molar-refractivity contribution in [2.24, 2.45) is 8.17 Å². The first-order chi connectivity index (χ1) is 7.58. The third-order valence-corrected chi connectivity index (χ3v) is 5.46. The summed E-state index contributed by atoms with van der Waals surface area (Å²) in [5.41, 5.74) is 1.03. The van der Waals surface area contributed by atoms with Crippen molar-refractivity contribution in [3.05, 3.63) is 29.8 Å². The Labute approximate surface area is 97.7 Å². The zero-order valence-corrected chi connectivity index (χ0v) is 10.5. The van der Waals surface area contributed by atoms with Gasteiger partial charge in [-0.15, -0.1) is 3.77 Å². The molecule has 0 bridgehead atoms. The summed E-state index contributed by atoms with van der Waals surface area (Å²) in [7, 11) is -4.23. The Morgan fingerprint density at radius 1 is 1.31 bits per heavy atom. The highest BCUT2D eigenvalue weighted by Gasteiger charge is 2.14. The van der Waals surface area contributed by atoms with E-state index in [1.807, 2.05) is 6.92 Å². The molecule has 1 aromatic carbocycles. The van der Waals surface area contributed by atoms with E-state index in [4.69, 9.17) is 0 Å². The van der Waals surface area contributed by atoms with Crippen molar-refractivity contribution >= 4 is 27.1 Å². The average molecular weight is 256 g/mol. The van der Waals surface area contributed by atoms with Gasteiger partial charge in [0.1, 0.15) is 0 Å². The summed E-state index contributed by atoms with van der Waals surface area (Å²) in [6, 6.07) is 6.70. The fraction of sp³-hybridized carbons (Fsp3) is 0.300. The molecule has 1 aromatic rings. The van der Waals surface area contributed by atoms with E-state index in [0.717, 1.165) is 12.0 Å². The van der Waals surface area contributed by atoms with E-state index in [2.05, 4.69) is 8.17 Å². The van der Waals surface area contributed by atoms with Gasteiger partial charge in [-0.2, -0.15) is 8.42 Å². The van der Waals surface area contributed by atoms with Crippen LogP contribution in [0.4, 0.5) is 0 Å². The number of aryl methyl sites for hydroxylation is 1. The number of benzene rings is 1. The molecule has 0 aromatic heterocycles. The quantitative estimate of drug-likeness (QED) is 0.811. The Bertz CT molecular complexity index is 545. The monoisotopic (exact) mass is 256 g/mol. The van der Waals surface area contributed by atoms with Crippen molar-refractivity contribution in [2.75, 3.05) is 5.75 Å². The molecular formula is C10H12N2O2S2. The van der Waals surface area contributed by atoms with Gasteiger partial charge in [-0.1, -0.05) is 17.7 Å². The van der Waals surface area contributed by atoms with E-state index < -0.39 is 20.9 Å². The van der Waals surface area contributed by atoms with Gasteiger partial charge >= 0.3 is 0 Å². The number of nitrogens with zero attached hydrogens (tertiary/aromatic N) is 2. The predicted octanol–water partition coefficient (Wildman–Crippen LogP) is 1.88. The van der Waals surface area contributed by atoms with Crippen LogP contribution in [-0.4, -0.2) is 20.4 Å². The van der Waals surface area contributed by atoms with Gasteiger partial charge in [0.05, 0.1) is 4.90 Å². The largest absolute Gasteiger partial charge is 0.289 e. The van der Waals surface area contributed by atoms with Crippen LogP contribution in [0.2, 0.25) is 0 Å². The molecule has 1 aliphatic rings. The minimum absolute atomic E-state index is 0.243. The van der Waals surface area contributed by atoms with Crippen LogP contribution in [0, 0.1) is 6.92 Å². The summed E-state index contributed by atoms with van der Waals surface area (Å²) in [5.74, 6) is 0.713. The number of hydrogen-bond acceptors (Lipinski definition) is 2. The number of sulfonamides is 1. The van der Waals surface area contributed by atoms with E-state index in [1.54, 1.807) is 30.5 Å². The SMILES string of the molecule is Cc1ccc(S(=O)(=O)/N=S2\CCC=N2)cc1. The topological polar surface area (TPSA) is 58.9 Å². The molecule has 86 valence electrons. The van der Waals surface area contributed by atoms with Crippen LogP contribution in [0.25, 0.3) is 0 Å². The molecular weight excluding hydrogens is 244 g/mol. The van der Waals surface area contributed by atoms with Crippen LogP contribution in [0.15, 0.2) is 37.3 Å². The van der Waals surface area contributed by atoms with Crippen molar-refractivity contribution in [3.8, 4) is 0 Å². The lowest BCUT2D eigenvalue weighted by molar-refractivity contribution is 0.598. The van der Waals surface area contributed by atoms with Crippen molar-refractivity contribution in [3.63, 3.8) is 0 Å². The molecule has 2 rings (SSSR count). The number of hydrogen-bond donors (Lipinski definition) is 0. The van der Waals surface area contributed by atoms with Crippen LogP contribution in [-0.2, 0) is 20.9 Å². The molecule has 6 heteroatoms. The molecule has 1 atom stereocenters. The fourth-order valence-electron chi connectivity index (χ4n) is 1.27. The lowest BCUT2D eigenvalue weighted by Gasteiger charge is -2.00. The summed E-state index contributed by atoms with van der Waals surface area (Å²) >= 11 is 0. The first kappa shape index (κ1) is 11.5. The molecule has 1 heterocycles. The molecule has 1 aliphatic heterocycles. The van der Waals surface area contributed by atoms with Crippen molar-refractivity contribution in [2.45, 2.75) is 18.2 Å². The van der Waals surface area contributed by atoms with E-state index in [9.17, 15) is 8.42 Å². The van der Waals surface area contributed by atoms with Gasteiger partial charge in [0, 0.05) is 22.8 Å². The van der Waals surface area contributed by atoms with Crippen LogP contribution in [0.1, 0.15) is 12.0 Å². The zero-order valence-electron chi connectivity index (χ0n) is 8.83. The Kier molecular flexibility index (Phi) is 3.20. The average Bonchev–Trinajstić information content (AvgIpc) is 2.70. The van der Waals surface area contributed by atoms with E-state index >= 15 is 0 Å². The Morgan fingerprint density at radius 2 is 2.00 bits per heavy atom. The van der Waals surface area contributed by atoms with Crippen LogP contribution in [0.3, 0.4) is 0 Å². The maximum atomic E-state index is 11.9. The smallest absolute Gasteiger partial charge is 0.217 e. The van der Waals surface area contributed by atoms with Crippen LogP contribution < -0.4 is 0 Å². The molecule has 16 heavy (non-hydrogen) atoms. The maximum Gasteiger partial charge on any atom is 0.289 e.